The Labute approximate surface area is 128 Å². The predicted molar refractivity (Wildman–Crippen MR) is 82.0 cm³/mol. The van der Waals surface area contributed by atoms with Gasteiger partial charge in [0.15, 0.2) is 0 Å². The van der Waals surface area contributed by atoms with E-state index in [1.54, 1.807) is 21.0 Å². The molecule has 20 heavy (non-hydrogen) atoms. The Morgan fingerprint density at radius 1 is 1.35 bits per heavy atom. The minimum Gasteiger partial charge on any atom is -0.347 e. The highest BCUT2D eigenvalue weighted by Crippen LogP contribution is 2.22. The van der Waals surface area contributed by atoms with Crippen molar-refractivity contribution in [3.8, 4) is 0 Å². The van der Waals surface area contributed by atoms with Crippen LogP contribution in [0.2, 0.25) is 4.34 Å². The fourth-order valence-corrected chi connectivity index (χ4v) is 2.91. The lowest BCUT2D eigenvalue weighted by atomic mass is 10.3. The fraction of sp³-hybridized carbons (Fsp3) is 0.538. The number of halogens is 1. The molecular weight excluding hydrogens is 298 g/mol. The van der Waals surface area contributed by atoms with Crippen molar-refractivity contribution in [2.75, 3.05) is 27.7 Å². The van der Waals surface area contributed by atoms with Crippen molar-refractivity contribution in [1.82, 2.24) is 15.1 Å². The SMILES string of the molecule is CC(NC(=O)CN(C)Cc1ccc(Cl)s1)C(=O)N(C)C. The van der Waals surface area contributed by atoms with Crippen LogP contribution in [0.4, 0.5) is 0 Å². The molecule has 0 fully saturated rings. The molecule has 0 aliphatic rings. The van der Waals surface area contributed by atoms with E-state index in [9.17, 15) is 9.59 Å². The second kappa shape index (κ2) is 7.61. The van der Waals surface area contributed by atoms with E-state index in [0.29, 0.717) is 6.54 Å². The lowest BCUT2D eigenvalue weighted by Gasteiger charge is -2.20. The first kappa shape index (κ1) is 16.9. The van der Waals surface area contributed by atoms with Crippen molar-refractivity contribution < 1.29 is 9.59 Å². The van der Waals surface area contributed by atoms with Gasteiger partial charge in [-0.3, -0.25) is 14.5 Å². The topological polar surface area (TPSA) is 52.7 Å². The van der Waals surface area contributed by atoms with Crippen LogP contribution in [0.1, 0.15) is 11.8 Å². The molecule has 5 nitrogen and oxygen atoms in total. The standard InChI is InChI=1S/C13H20ClN3O2S/c1-9(13(19)16(2)3)15-12(18)8-17(4)7-10-5-6-11(14)20-10/h5-6,9H,7-8H2,1-4H3,(H,15,18). The third-order valence-corrected chi connectivity index (χ3v) is 3.87. The molecule has 1 unspecified atom stereocenters. The maximum absolute atomic E-state index is 11.8. The van der Waals surface area contributed by atoms with Gasteiger partial charge >= 0.3 is 0 Å². The molecular formula is C13H20ClN3O2S. The second-order valence-electron chi connectivity index (χ2n) is 4.90. The zero-order valence-corrected chi connectivity index (χ0v) is 13.7. The molecule has 0 radical (unpaired) electrons. The van der Waals surface area contributed by atoms with Crippen LogP contribution in [0.5, 0.6) is 0 Å². The lowest BCUT2D eigenvalue weighted by molar-refractivity contribution is -0.134. The molecule has 0 aromatic carbocycles. The van der Waals surface area contributed by atoms with Crippen LogP contribution >= 0.6 is 22.9 Å². The first-order valence-corrected chi connectivity index (χ1v) is 7.42. The van der Waals surface area contributed by atoms with Crippen LogP contribution < -0.4 is 5.32 Å². The zero-order valence-electron chi connectivity index (χ0n) is 12.1. The average molecular weight is 318 g/mol. The Balaban J connectivity index is 2.40. The maximum atomic E-state index is 11.8. The summed E-state index contributed by atoms with van der Waals surface area (Å²) in [7, 11) is 5.18. The van der Waals surface area contributed by atoms with E-state index in [-0.39, 0.29) is 18.4 Å². The zero-order chi connectivity index (χ0) is 15.3. The summed E-state index contributed by atoms with van der Waals surface area (Å²) >= 11 is 7.36. The number of nitrogens with zero attached hydrogens (tertiary/aromatic N) is 2. The number of hydrogen-bond acceptors (Lipinski definition) is 4. The van der Waals surface area contributed by atoms with Crippen molar-refractivity contribution >= 4 is 34.8 Å². The number of carbonyl (C=O) groups excluding carboxylic acids is 2. The summed E-state index contributed by atoms with van der Waals surface area (Å²) in [5, 5.41) is 2.69. The number of hydrogen-bond donors (Lipinski definition) is 1. The van der Waals surface area contributed by atoms with Crippen LogP contribution in [-0.4, -0.2) is 55.3 Å². The summed E-state index contributed by atoms with van der Waals surface area (Å²) in [4.78, 5) is 27.9. The molecule has 0 spiro atoms. The Morgan fingerprint density at radius 2 is 2.00 bits per heavy atom. The molecule has 1 aromatic rings. The number of carbonyl (C=O) groups is 2. The normalized spacial score (nSPS) is 12.3. The summed E-state index contributed by atoms with van der Waals surface area (Å²) in [6, 6.07) is 3.27. The van der Waals surface area contributed by atoms with Gasteiger partial charge < -0.3 is 10.2 Å². The summed E-state index contributed by atoms with van der Waals surface area (Å²) in [5.74, 6) is -0.288. The van der Waals surface area contributed by atoms with Crippen molar-refractivity contribution in [1.29, 1.82) is 0 Å². The molecule has 1 atom stereocenters. The van der Waals surface area contributed by atoms with Crippen LogP contribution in [0, 0.1) is 0 Å². The van der Waals surface area contributed by atoms with Gasteiger partial charge in [0.1, 0.15) is 6.04 Å². The molecule has 0 saturated carbocycles. The third kappa shape index (κ3) is 5.48. The molecule has 1 heterocycles. The van der Waals surface area contributed by atoms with E-state index in [4.69, 9.17) is 11.6 Å². The van der Waals surface area contributed by atoms with E-state index in [1.807, 2.05) is 24.1 Å². The molecule has 112 valence electrons. The van der Waals surface area contributed by atoms with E-state index in [2.05, 4.69) is 5.32 Å². The summed E-state index contributed by atoms with van der Waals surface area (Å²) in [6.45, 7) is 2.57. The van der Waals surface area contributed by atoms with Crippen molar-refractivity contribution in [2.24, 2.45) is 0 Å². The fourth-order valence-electron chi connectivity index (χ4n) is 1.74. The van der Waals surface area contributed by atoms with E-state index >= 15 is 0 Å². The molecule has 0 saturated heterocycles. The monoisotopic (exact) mass is 317 g/mol. The lowest BCUT2D eigenvalue weighted by Crippen LogP contribution is -2.47. The number of likely N-dealkylation sites (N-methyl/N-ethyl adjacent to an activating group) is 2. The largest absolute Gasteiger partial charge is 0.347 e. The third-order valence-electron chi connectivity index (χ3n) is 2.66. The predicted octanol–water partition coefficient (Wildman–Crippen LogP) is 1.43. The summed E-state index contributed by atoms with van der Waals surface area (Å²) in [5.41, 5.74) is 0. The Kier molecular flexibility index (Phi) is 6.45. The Hall–Kier alpha value is -1.11. The maximum Gasteiger partial charge on any atom is 0.244 e. The number of nitrogens with one attached hydrogen (secondary N) is 1. The van der Waals surface area contributed by atoms with Crippen LogP contribution in [-0.2, 0) is 16.1 Å². The molecule has 7 heteroatoms. The van der Waals surface area contributed by atoms with Crippen LogP contribution in [0.3, 0.4) is 0 Å². The van der Waals surface area contributed by atoms with Crippen molar-refractivity contribution in [2.45, 2.75) is 19.5 Å². The minimum atomic E-state index is -0.512. The van der Waals surface area contributed by atoms with Crippen molar-refractivity contribution in [3.05, 3.63) is 21.3 Å². The van der Waals surface area contributed by atoms with E-state index < -0.39 is 6.04 Å². The van der Waals surface area contributed by atoms with Gasteiger partial charge in [-0.2, -0.15) is 0 Å². The molecule has 0 aliphatic carbocycles. The summed E-state index contributed by atoms with van der Waals surface area (Å²) in [6.07, 6.45) is 0. The second-order valence-corrected chi connectivity index (χ2v) is 6.70. The number of thiophene rings is 1. The van der Waals surface area contributed by atoms with Gasteiger partial charge in [-0.1, -0.05) is 11.6 Å². The molecule has 1 rings (SSSR count). The summed E-state index contributed by atoms with van der Waals surface area (Å²) < 4.78 is 0.739. The van der Waals surface area contributed by atoms with Gasteiger partial charge in [-0.15, -0.1) is 11.3 Å². The van der Waals surface area contributed by atoms with Crippen LogP contribution in [0.25, 0.3) is 0 Å². The molecule has 1 aromatic heterocycles. The van der Waals surface area contributed by atoms with Gasteiger partial charge in [0, 0.05) is 25.5 Å². The molecule has 0 bridgehead atoms. The number of rotatable bonds is 6. The molecule has 2 amide bonds. The first-order chi connectivity index (χ1) is 9.29. The van der Waals surface area contributed by atoms with Crippen molar-refractivity contribution in [3.63, 3.8) is 0 Å². The van der Waals surface area contributed by atoms with Gasteiger partial charge in [0.25, 0.3) is 0 Å². The Bertz CT molecular complexity index is 476. The van der Waals surface area contributed by atoms with Gasteiger partial charge in [-0.05, 0) is 26.1 Å². The smallest absolute Gasteiger partial charge is 0.244 e. The first-order valence-electron chi connectivity index (χ1n) is 6.23. The van der Waals surface area contributed by atoms with Gasteiger partial charge in [0.05, 0.1) is 10.9 Å². The minimum absolute atomic E-state index is 0.119. The number of amides is 2. The highest BCUT2D eigenvalue weighted by atomic mass is 35.5. The highest BCUT2D eigenvalue weighted by molar-refractivity contribution is 7.16. The highest BCUT2D eigenvalue weighted by Gasteiger charge is 2.18. The quantitative estimate of drug-likeness (QED) is 0.863. The van der Waals surface area contributed by atoms with Crippen LogP contribution in [0.15, 0.2) is 12.1 Å². The Morgan fingerprint density at radius 3 is 2.50 bits per heavy atom. The molecule has 1 N–H and O–H groups in total. The van der Waals surface area contributed by atoms with Gasteiger partial charge in [-0.25, -0.2) is 0 Å². The van der Waals surface area contributed by atoms with E-state index in [1.165, 1.54) is 16.2 Å². The molecule has 0 aliphatic heterocycles. The average Bonchev–Trinajstić information content (AvgIpc) is 2.72. The van der Waals surface area contributed by atoms with E-state index in [0.717, 1.165) is 9.21 Å². The van der Waals surface area contributed by atoms with Gasteiger partial charge in [0.2, 0.25) is 11.8 Å².